The van der Waals surface area contributed by atoms with Crippen LogP contribution in [0.4, 0.5) is 0 Å². The lowest BCUT2D eigenvalue weighted by Gasteiger charge is -2.14. The molecule has 4 heteroatoms. The van der Waals surface area contributed by atoms with Gasteiger partial charge in [-0.05, 0) is 29.2 Å². The number of fused-ring (bicyclic) bond motifs is 3. The highest BCUT2D eigenvalue weighted by Gasteiger charge is 2.28. The zero-order chi connectivity index (χ0) is 17.8. The van der Waals surface area contributed by atoms with Crippen molar-refractivity contribution in [2.24, 2.45) is 0 Å². The summed E-state index contributed by atoms with van der Waals surface area (Å²) in [6.45, 7) is 2.03. The molecule has 0 aromatic heterocycles. The van der Waals surface area contributed by atoms with Crippen LogP contribution < -0.4 is 0 Å². The van der Waals surface area contributed by atoms with Crippen LogP contribution in [-0.4, -0.2) is 23.7 Å². The molecular formula is C21H20O4. The summed E-state index contributed by atoms with van der Waals surface area (Å²) in [6, 6.07) is 16.4. The average molecular weight is 336 g/mol. The van der Waals surface area contributed by atoms with E-state index in [1.807, 2.05) is 24.3 Å². The van der Waals surface area contributed by atoms with E-state index in [0.717, 1.165) is 0 Å². The van der Waals surface area contributed by atoms with Crippen molar-refractivity contribution < 1.29 is 19.4 Å². The first-order chi connectivity index (χ1) is 12.1. The summed E-state index contributed by atoms with van der Waals surface area (Å²) in [7, 11) is 0. The number of carboxylic acid groups (broad SMARTS) is 1. The van der Waals surface area contributed by atoms with Crippen LogP contribution in [0, 0.1) is 0 Å². The minimum Gasteiger partial charge on any atom is -0.481 e. The van der Waals surface area contributed by atoms with E-state index in [4.69, 9.17) is 9.84 Å². The van der Waals surface area contributed by atoms with Crippen molar-refractivity contribution in [3.05, 3.63) is 71.3 Å². The Bertz CT molecular complexity index is 790. The van der Waals surface area contributed by atoms with Crippen molar-refractivity contribution in [1.82, 2.24) is 0 Å². The van der Waals surface area contributed by atoms with Crippen molar-refractivity contribution in [2.45, 2.75) is 25.7 Å². The lowest BCUT2D eigenvalue weighted by molar-refractivity contribution is -0.143. The monoisotopic (exact) mass is 336 g/mol. The van der Waals surface area contributed by atoms with Crippen molar-refractivity contribution in [3.8, 4) is 11.1 Å². The Hall–Kier alpha value is -2.88. The molecule has 0 heterocycles. The van der Waals surface area contributed by atoms with Gasteiger partial charge in [0.1, 0.15) is 6.61 Å². The lowest BCUT2D eigenvalue weighted by atomic mass is 9.98. The number of rotatable bonds is 6. The molecule has 0 saturated carbocycles. The Balaban J connectivity index is 1.68. The number of esters is 1. The topological polar surface area (TPSA) is 63.6 Å². The molecule has 2 aromatic carbocycles. The fourth-order valence-corrected chi connectivity index (χ4v) is 3.23. The Morgan fingerprint density at radius 2 is 1.60 bits per heavy atom. The summed E-state index contributed by atoms with van der Waals surface area (Å²) in [5.74, 6) is -1.20. The number of aliphatic carboxylic acids is 1. The molecule has 0 unspecified atom stereocenters. The molecule has 25 heavy (non-hydrogen) atoms. The van der Waals surface area contributed by atoms with Gasteiger partial charge >= 0.3 is 11.9 Å². The molecule has 0 amide bonds. The Morgan fingerprint density at radius 3 is 2.16 bits per heavy atom. The van der Waals surface area contributed by atoms with Gasteiger partial charge in [0.15, 0.2) is 0 Å². The molecule has 4 nitrogen and oxygen atoms in total. The SMILES string of the molecule is C/C(=C\CC(=O)O)CC(=O)OCC1c2ccccc2-c2ccccc21. The Labute approximate surface area is 146 Å². The van der Waals surface area contributed by atoms with Gasteiger partial charge in [-0.15, -0.1) is 0 Å². The third-order valence-corrected chi connectivity index (χ3v) is 4.42. The van der Waals surface area contributed by atoms with E-state index in [9.17, 15) is 9.59 Å². The molecule has 0 bridgehead atoms. The molecule has 1 aliphatic rings. The standard InChI is InChI=1S/C21H20O4/c1-14(10-11-20(22)23)12-21(24)25-13-19-17-8-4-2-6-15(17)16-7-3-5-9-18(16)19/h2-10,19H,11-13H2,1H3,(H,22,23)/b14-10+. The van der Waals surface area contributed by atoms with Crippen LogP contribution in [0.5, 0.6) is 0 Å². The smallest absolute Gasteiger partial charge is 0.309 e. The Morgan fingerprint density at radius 1 is 1.04 bits per heavy atom. The minimum absolute atomic E-state index is 0.0413. The molecule has 0 radical (unpaired) electrons. The van der Waals surface area contributed by atoms with E-state index in [2.05, 4.69) is 24.3 Å². The first kappa shape index (κ1) is 17.0. The molecular weight excluding hydrogens is 316 g/mol. The molecule has 1 aliphatic carbocycles. The van der Waals surface area contributed by atoms with Gasteiger partial charge in [0, 0.05) is 5.92 Å². The second-order valence-electron chi connectivity index (χ2n) is 6.24. The van der Waals surface area contributed by atoms with Crippen molar-refractivity contribution in [2.75, 3.05) is 6.61 Å². The van der Waals surface area contributed by atoms with E-state index in [0.29, 0.717) is 12.2 Å². The molecule has 2 aromatic rings. The minimum atomic E-state index is -0.910. The van der Waals surface area contributed by atoms with Crippen molar-refractivity contribution in [3.63, 3.8) is 0 Å². The summed E-state index contributed by atoms with van der Waals surface area (Å²) >= 11 is 0. The summed E-state index contributed by atoms with van der Waals surface area (Å²) < 4.78 is 5.49. The summed E-state index contributed by atoms with van der Waals surface area (Å²) in [5.41, 5.74) is 5.44. The third kappa shape index (κ3) is 3.79. The second-order valence-corrected chi connectivity index (χ2v) is 6.24. The molecule has 0 aliphatic heterocycles. The maximum atomic E-state index is 12.1. The van der Waals surface area contributed by atoms with Crippen LogP contribution in [0.15, 0.2) is 60.2 Å². The third-order valence-electron chi connectivity index (χ3n) is 4.42. The largest absolute Gasteiger partial charge is 0.481 e. The van der Waals surface area contributed by atoms with E-state index < -0.39 is 5.97 Å². The number of benzene rings is 2. The van der Waals surface area contributed by atoms with E-state index in [-0.39, 0.29) is 24.7 Å². The van der Waals surface area contributed by atoms with Gasteiger partial charge in [-0.1, -0.05) is 60.2 Å². The second kappa shape index (κ2) is 7.34. The fraction of sp³-hybridized carbons (Fsp3) is 0.238. The lowest BCUT2D eigenvalue weighted by Crippen LogP contribution is -2.12. The number of carbonyl (C=O) groups is 2. The number of carboxylic acids is 1. The van der Waals surface area contributed by atoms with Crippen LogP contribution in [0.2, 0.25) is 0 Å². The van der Waals surface area contributed by atoms with Crippen molar-refractivity contribution >= 4 is 11.9 Å². The molecule has 3 rings (SSSR count). The number of hydrogen-bond acceptors (Lipinski definition) is 3. The summed E-state index contributed by atoms with van der Waals surface area (Å²) in [5, 5.41) is 8.67. The number of hydrogen-bond donors (Lipinski definition) is 1. The first-order valence-electron chi connectivity index (χ1n) is 8.27. The molecule has 0 spiro atoms. The summed E-state index contributed by atoms with van der Waals surface area (Å²) in [6.07, 6.45) is 1.58. The quantitative estimate of drug-likeness (QED) is 0.636. The van der Waals surface area contributed by atoms with Crippen LogP contribution >= 0.6 is 0 Å². The van der Waals surface area contributed by atoms with Gasteiger partial charge in [-0.2, -0.15) is 0 Å². The Kier molecular flexibility index (Phi) is 4.98. The molecule has 0 fully saturated rings. The fourth-order valence-electron chi connectivity index (χ4n) is 3.23. The number of ether oxygens (including phenoxy) is 1. The normalized spacial score (nSPS) is 13.2. The highest BCUT2D eigenvalue weighted by molar-refractivity contribution is 5.79. The maximum Gasteiger partial charge on any atom is 0.309 e. The predicted octanol–water partition coefficient (Wildman–Crippen LogP) is 4.15. The zero-order valence-corrected chi connectivity index (χ0v) is 14.1. The van der Waals surface area contributed by atoms with Gasteiger partial charge in [-0.3, -0.25) is 9.59 Å². The van der Waals surface area contributed by atoms with Gasteiger partial charge in [-0.25, -0.2) is 0 Å². The maximum absolute atomic E-state index is 12.1. The molecule has 0 saturated heterocycles. The number of carbonyl (C=O) groups excluding carboxylic acids is 1. The zero-order valence-electron chi connectivity index (χ0n) is 14.1. The van der Waals surface area contributed by atoms with Gasteiger partial charge in [0.2, 0.25) is 0 Å². The van der Waals surface area contributed by atoms with Crippen molar-refractivity contribution in [1.29, 1.82) is 0 Å². The van der Waals surface area contributed by atoms with Crippen LogP contribution in [0.1, 0.15) is 36.8 Å². The van der Waals surface area contributed by atoms with E-state index in [1.54, 1.807) is 13.0 Å². The summed E-state index contributed by atoms with van der Waals surface area (Å²) in [4.78, 5) is 22.6. The van der Waals surface area contributed by atoms with Crippen LogP contribution in [0.25, 0.3) is 11.1 Å². The van der Waals surface area contributed by atoms with Crippen LogP contribution in [-0.2, 0) is 14.3 Å². The molecule has 0 atom stereocenters. The molecule has 128 valence electrons. The van der Waals surface area contributed by atoms with Gasteiger partial charge < -0.3 is 9.84 Å². The average Bonchev–Trinajstić information content (AvgIpc) is 2.92. The van der Waals surface area contributed by atoms with E-state index in [1.165, 1.54) is 22.3 Å². The van der Waals surface area contributed by atoms with E-state index >= 15 is 0 Å². The highest BCUT2D eigenvalue weighted by atomic mass is 16.5. The van der Waals surface area contributed by atoms with Crippen LogP contribution in [0.3, 0.4) is 0 Å². The predicted molar refractivity (Wildman–Crippen MR) is 95.3 cm³/mol. The first-order valence-corrected chi connectivity index (χ1v) is 8.27. The van der Waals surface area contributed by atoms with Gasteiger partial charge in [0.05, 0.1) is 12.8 Å². The highest BCUT2D eigenvalue weighted by Crippen LogP contribution is 2.44. The van der Waals surface area contributed by atoms with Gasteiger partial charge in [0.25, 0.3) is 0 Å². The molecule has 1 N–H and O–H groups in total.